The van der Waals surface area contributed by atoms with E-state index in [0.717, 1.165) is 0 Å². The summed E-state index contributed by atoms with van der Waals surface area (Å²) in [4.78, 5) is 12.5. The molecule has 0 saturated carbocycles. The van der Waals surface area contributed by atoms with Crippen molar-refractivity contribution in [2.45, 2.75) is 6.04 Å². The molecule has 0 aliphatic carbocycles. The minimum Gasteiger partial charge on any atom is -0.480 e. The first-order valence-corrected chi connectivity index (χ1v) is 3.91. The molecule has 5 nitrogen and oxygen atoms in total. The first-order chi connectivity index (χ1) is 6.02. The molecule has 1 atom stereocenters. The number of hydrogen-bond donors (Lipinski definition) is 1. The summed E-state index contributed by atoms with van der Waals surface area (Å²) in [7, 11) is 5.19. The summed E-state index contributed by atoms with van der Waals surface area (Å²) in [5.41, 5.74) is 0.556. The molecule has 1 rings (SSSR count). The van der Waals surface area contributed by atoms with Crippen molar-refractivity contribution in [3.63, 3.8) is 0 Å². The monoisotopic (exact) mass is 183 g/mol. The van der Waals surface area contributed by atoms with E-state index >= 15 is 0 Å². The Kier molecular flexibility index (Phi) is 2.67. The predicted molar refractivity (Wildman–Crippen MR) is 47.3 cm³/mol. The molecule has 0 spiro atoms. The van der Waals surface area contributed by atoms with Crippen LogP contribution in [0.2, 0.25) is 0 Å². The lowest BCUT2D eigenvalue weighted by Gasteiger charge is -2.17. The number of hydrogen-bond acceptors (Lipinski definition) is 3. The molecule has 1 aromatic heterocycles. The fourth-order valence-electron chi connectivity index (χ4n) is 1.19. The zero-order valence-electron chi connectivity index (χ0n) is 7.93. The molecule has 0 saturated heterocycles. The van der Waals surface area contributed by atoms with Gasteiger partial charge >= 0.3 is 5.97 Å². The van der Waals surface area contributed by atoms with Crippen LogP contribution in [0.25, 0.3) is 0 Å². The Hall–Kier alpha value is -1.36. The summed E-state index contributed by atoms with van der Waals surface area (Å²) in [6, 6.07) is 1.04. The molecule has 5 heteroatoms. The quantitative estimate of drug-likeness (QED) is 0.722. The third-order valence-corrected chi connectivity index (χ3v) is 1.76. The Morgan fingerprint density at radius 3 is 2.62 bits per heavy atom. The van der Waals surface area contributed by atoms with E-state index in [-0.39, 0.29) is 0 Å². The van der Waals surface area contributed by atoms with Crippen molar-refractivity contribution in [2.24, 2.45) is 7.05 Å². The van der Waals surface area contributed by atoms with Gasteiger partial charge in [-0.15, -0.1) is 0 Å². The maximum Gasteiger partial charge on any atom is 0.327 e. The largest absolute Gasteiger partial charge is 0.480 e. The second kappa shape index (κ2) is 3.57. The van der Waals surface area contributed by atoms with E-state index in [1.807, 2.05) is 0 Å². The highest BCUT2D eigenvalue weighted by molar-refractivity contribution is 5.74. The van der Waals surface area contributed by atoms with Gasteiger partial charge in [-0.05, 0) is 20.2 Å². The molecule has 0 radical (unpaired) electrons. The normalized spacial score (nSPS) is 13.2. The van der Waals surface area contributed by atoms with E-state index in [1.165, 1.54) is 0 Å². The molecule has 0 aromatic carbocycles. The third kappa shape index (κ3) is 2.06. The zero-order chi connectivity index (χ0) is 10.0. The van der Waals surface area contributed by atoms with Crippen LogP contribution in [0.3, 0.4) is 0 Å². The van der Waals surface area contributed by atoms with Gasteiger partial charge in [-0.3, -0.25) is 14.4 Å². The second-order valence-corrected chi connectivity index (χ2v) is 3.12. The fourth-order valence-corrected chi connectivity index (χ4v) is 1.19. The van der Waals surface area contributed by atoms with E-state index in [2.05, 4.69) is 5.10 Å². The van der Waals surface area contributed by atoms with Gasteiger partial charge in [0.15, 0.2) is 6.04 Å². The van der Waals surface area contributed by atoms with Crippen molar-refractivity contribution < 1.29 is 9.90 Å². The predicted octanol–water partition coefficient (Wildman–Crippen LogP) is 0.107. The number of carboxylic acid groups (broad SMARTS) is 1. The van der Waals surface area contributed by atoms with Crippen LogP contribution in [0.4, 0.5) is 0 Å². The van der Waals surface area contributed by atoms with Crippen LogP contribution in [0.1, 0.15) is 11.7 Å². The summed E-state index contributed by atoms with van der Waals surface area (Å²) in [6.07, 6.45) is 1.73. The molecule has 0 aliphatic rings. The topological polar surface area (TPSA) is 58.4 Å². The van der Waals surface area contributed by atoms with Gasteiger partial charge in [-0.2, -0.15) is 5.10 Å². The van der Waals surface area contributed by atoms with Crippen molar-refractivity contribution in [2.75, 3.05) is 14.1 Å². The summed E-state index contributed by atoms with van der Waals surface area (Å²) in [6.45, 7) is 0. The number of aliphatic carboxylic acids is 1. The van der Waals surface area contributed by atoms with Crippen LogP contribution in [0.15, 0.2) is 12.3 Å². The lowest BCUT2D eigenvalue weighted by molar-refractivity contribution is -0.142. The van der Waals surface area contributed by atoms with Crippen LogP contribution < -0.4 is 0 Å². The van der Waals surface area contributed by atoms with Gasteiger partial charge in [0, 0.05) is 13.2 Å². The van der Waals surface area contributed by atoms with E-state index in [1.54, 1.807) is 43.0 Å². The number of carboxylic acids is 1. The van der Waals surface area contributed by atoms with Gasteiger partial charge in [0.2, 0.25) is 0 Å². The molecule has 0 fully saturated rings. The number of aryl methyl sites for hydroxylation is 1. The Morgan fingerprint density at radius 1 is 1.69 bits per heavy atom. The number of carbonyl (C=O) groups is 1. The third-order valence-electron chi connectivity index (χ3n) is 1.76. The van der Waals surface area contributed by atoms with Crippen molar-refractivity contribution in [3.05, 3.63) is 18.0 Å². The first kappa shape index (κ1) is 9.73. The minimum atomic E-state index is -0.885. The Bertz CT molecular complexity index is 306. The minimum absolute atomic E-state index is 0.556. The van der Waals surface area contributed by atoms with Crippen molar-refractivity contribution in [1.29, 1.82) is 0 Å². The lowest BCUT2D eigenvalue weighted by Crippen LogP contribution is -2.27. The number of nitrogens with zero attached hydrogens (tertiary/aromatic N) is 3. The summed E-state index contributed by atoms with van der Waals surface area (Å²) < 4.78 is 1.59. The van der Waals surface area contributed by atoms with Gasteiger partial charge < -0.3 is 5.11 Å². The fraction of sp³-hybridized carbons (Fsp3) is 0.500. The number of aromatic nitrogens is 2. The van der Waals surface area contributed by atoms with Crippen LogP contribution in [-0.2, 0) is 11.8 Å². The average molecular weight is 183 g/mol. The highest BCUT2D eigenvalue weighted by Crippen LogP contribution is 2.15. The van der Waals surface area contributed by atoms with Gasteiger partial charge in [-0.25, -0.2) is 0 Å². The van der Waals surface area contributed by atoms with E-state index < -0.39 is 12.0 Å². The van der Waals surface area contributed by atoms with E-state index in [0.29, 0.717) is 5.69 Å². The van der Waals surface area contributed by atoms with Gasteiger partial charge in [-0.1, -0.05) is 0 Å². The molecular weight excluding hydrogens is 170 g/mol. The van der Waals surface area contributed by atoms with Crippen molar-refractivity contribution in [3.8, 4) is 0 Å². The van der Waals surface area contributed by atoms with E-state index in [9.17, 15) is 4.79 Å². The first-order valence-electron chi connectivity index (χ1n) is 3.91. The van der Waals surface area contributed by atoms with Crippen LogP contribution in [0, 0.1) is 0 Å². The zero-order valence-corrected chi connectivity index (χ0v) is 7.93. The maximum atomic E-state index is 10.9. The maximum absolute atomic E-state index is 10.9. The molecular formula is C8H13N3O2. The Morgan fingerprint density at radius 2 is 2.31 bits per heavy atom. The highest BCUT2D eigenvalue weighted by Gasteiger charge is 2.24. The summed E-state index contributed by atoms with van der Waals surface area (Å²) >= 11 is 0. The van der Waals surface area contributed by atoms with Gasteiger partial charge in [0.25, 0.3) is 0 Å². The van der Waals surface area contributed by atoms with Gasteiger partial charge in [0.1, 0.15) is 0 Å². The summed E-state index contributed by atoms with van der Waals surface area (Å²) in [5, 5.41) is 13.0. The molecule has 1 aromatic rings. The van der Waals surface area contributed by atoms with Crippen molar-refractivity contribution in [1.82, 2.24) is 14.7 Å². The molecule has 72 valence electrons. The Balaban J connectivity index is 2.95. The van der Waals surface area contributed by atoms with Crippen LogP contribution in [0.5, 0.6) is 0 Å². The van der Waals surface area contributed by atoms with E-state index in [4.69, 9.17) is 5.11 Å². The Labute approximate surface area is 76.6 Å². The van der Waals surface area contributed by atoms with Crippen LogP contribution in [-0.4, -0.2) is 39.9 Å². The molecule has 1 N–H and O–H groups in total. The van der Waals surface area contributed by atoms with Crippen molar-refractivity contribution >= 4 is 5.97 Å². The molecule has 1 heterocycles. The van der Waals surface area contributed by atoms with Crippen LogP contribution >= 0.6 is 0 Å². The smallest absolute Gasteiger partial charge is 0.327 e. The number of likely N-dealkylation sites (N-methyl/N-ethyl adjacent to an activating group) is 1. The SMILES string of the molecule is CN(C)C(C(=O)O)c1ccn(C)n1. The standard InChI is InChI=1S/C8H13N3O2/c1-10(2)7(8(12)13)6-4-5-11(3)9-6/h4-5,7H,1-3H3,(H,12,13). The molecule has 1 unspecified atom stereocenters. The average Bonchev–Trinajstić information content (AvgIpc) is 2.34. The number of rotatable bonds is 3. The second-order valence-electron chi connectivity index (χ2n) is 3.12. The lowest BCUT2D eigenvalue weighted by atomic mass is 10.2. The highest BCUT2D eigenvalue weighted by atomic mass is 16.4. The summed E-state index contributed by atoms with van der Waals surface area (Å²) in [5.74, 6) is -0.885. The molecule has 0 aliphatic heterocycles. The molecule has 0 bridgehead atoms. The molecule has 13 heavy (non-hydrogen) atoms. The molecule has 0 amide bonds. The van der Waals surface area contributed by atoms with Gasteiger partial charge in [0.05, 0.1) is 5.69 Å².